The van der Waals surface area contributed by atoms with Crippen molar-refractivity contribution in [2.24, 2.45) is 0 Å². The predicted octanol–water partition coefficient (Wildman–Crippen LogP) is 2.18. The topological polar surface area (TPSA) is 105 Å². The maximum atomic E-state index is 13.0. The molecule has 30 heavy (non-hydrogen) atoms. The molecule has 156 valence electrons. The zero-order valence-electron chi connectivity index (χ0n) is 17.5. The molecule has 9 heteroatoms. The first-order valence-corrected chi connectivity index (χ1v) is 9.89. The molecule has 0 saturated carbocycles. The van der Waals surface area contributed by atoms with Gasteiger partial charge < -0.3 is 20.3 Å². The van der Waals surface area contributed by atoms with E-state index in [4.69, 9.17) is 4.74 Å². The number of carbonyl (C=O) groups excluding carboxylic acids is 1. The smallest absolute Gasteiger partial charge is 0.316 e. The van der Waals surface area contributed by atoms with Gasteiger partial charge in [-0.1, -0.05) is 0 Å². The van der Waals surface area contributed by atoms with Gasteiger partial charge in [-0.2, -0.15) is 4.98 Å². The van der Waals surface area contributed by atoms with Crippen LogP contribution < -0.4 is 20.3 Å². The van der Waals surface area contributed by atoms with Crippen LogP contribution in [0.5, 0.6) is 6.01 Å². The Morgan fingerprint density at radius 3 is 2.50 bits per heavy atom. The molecule has 9 nitrogen and oxygen atoms in total. The second-order valence-electron chi connectivity index (χ2n) is 7.60. The van der Waals surface area contributed by atoms with Crippen LogP contribution in [0, 0.1) is 6.92 Å². The Bertz CT molecular complexity index is 1060. The average Bonchev–Trinajstić information content (AvgIpc) is 2.73. The summed E-state index contributed by atoms with van der Waals surface area (Å²) in [6.45, 7) is 7.83. The molecule has 1 aliphatic heterocycles. The number of methoxy groups -OCH3 is 1. The zero-order chi connectivity index (χ0) is 21.3. The maximum Gasteiger partial charge on any atom is 0.316 e. The van der Waals surface area contributed by atoms with Crippen LogP contribution in [0.3, 0.4) is 0 Å². The molecule has 0 bridgehead atoms. The van der Waals surface area contributed by atoms with Crippen molar-refractivity contribution in [2.45, 2.75) is 32.9 Å². The van der Waals surface area contributed by atoms with E-state index < -0.39 is 0 Å². The largest absolute Gasteiger partial charge is 0.467 e. The number of carbonyl (C=O) groups is 1. The number of nitrogens with zero attached hydrogens (tertiary/aromatic N) is 5. The number of hydrogen-bond donors (Lipinski definition) is 2. The molecular formula is C21H25N7O2. The molecular weight excluding hydrogens is 382 g/mol. The fourth-order valence-corrected chi connectivity index (χ4v) is 3.83. The Hall–Kier alpha value is -3.33. The Morgan fingerprint density at radius 1 is 1.13 bits per heavy atom. The van der Waals surface area contributed by atoms with Gasteiger partial charge in [0.25, 0.3) is 5.91 Å². The second kappa shape index (κ2) is 8.19. The van der Waals surface area contributed by atoms with Crippen LogP contribution >= 0.6 is 0 Å². The van der Waals surface area contributed by atoms with Crippen molar-refractivity contribution in [3.8, 4) is 6.01 Å². The van der Waals surface area contributed by atoms with E-state index in [0.717, 1.165) is 24.2 Å². The molecule has 3 aromatic rings. The third-order valence-corrected chi connectivity index (χ3v) is 5.07. The molecule has 1 amide bonds. The Labute approximate surface area is 174 Å². The van der Waals surface area contributed by atoms with Gasteiger partial charge in [-0.25, -0.2) is 15.0 Å². The summed E-state index contributed by atoms with van der Waals surface area (Å²) < 4.78 is 5.21. The highest BCUT2D eigenvalue weighted by molar-refractivity contribution is 6.13. The van der Waals surface area contributed by atoms with Crippen molar-refractivity contribution in [3.05, 3.63) is 42.1 Å². The Kier molecular flexibility index (Phi) is 5.45. The summed E-state index contributed by atoms with van der Waals surface area (Å²) >= 11 is 0. The highest BCUT2D eigenvalue weighted by Crippen LogP contribution is 2.30. The molecule has 4 rings (SSSR count). The van der Waals surface area contributed by atoms with Gasteiger partial charge >= 0.3 is 6.01 Å². The third-order valence-electron chi connectivity index (χ3n) is 5.07. The van der Waals surface area contributed by atoms with Crippen molar-refractivity contribution in [3.63, 3.8) is 0 Å². The summed E-state index contributed by atoms with van der Waals surface area (Å²) in [5.74, 6) is 0.349. The fraction of sp³-hybridized carbons (Fsp3) is 0.381. The van der Waals surface area contributed by atoms with Gasteiger partial charge in [0.2, 0.25) is 0 Å². The van der Waals surface area contributed by atoms with Crippen LogP contribution in [0.1, 0.15) is 30.0 Å². The molecule has 1 aromatic carbocycles. The molecule has 0 radical (unpaired) electrons. The van der Waals surface area contributed by atoms with Gasteiger partial charge in [-0.05, 0) is 32.9 Å². The number of aromatic nitrogens is 4. The minimum Gasteiger partial charge on any atom is -0.467 e. The maximum absolute atomic E-state index is 13.0. The Morgan fingerprint density at radius 2 is 1.83 bits per heavy atom. The van der Waals surface area contributed by atoms with Gasteiger partial charge in [0.15, 0.2) is 0 Å². The van der Waals surface area contributed by atoms with Crippen LogP contribution in [0.4, 0.5) is 11.4 Å². The monoisotopic (exact) mass is 407 g/mol. The first kappa shape index (κ1) is 20.0. The third kappa shape index (κ3) is 4.02. The van der Waals surface area contributed by atoms with Gasteiger partial charge in [-0.15, -0.1) is 0 Å². The first-order valence-electron chi connectivity index (χ1n) is 9.89. The highest BCUT2D eigenvalue weighted by atomic mass is 16.5. The second-order valence-corrected chi connectivity index (χ2v) is 7.60. The fourth-order valence-electron chi connectivity index (χ4n) is 3.83. The minimum atomic E-state index is -0.290. The molecule has 1 aliphatic rings. The normalized spacial score (nSPS) is 19.0. The van der Waals surface area contributed by atoms with Crippen LogP contribution in [-0.2, 0) is 0 Å². The van der Waals surface area contributed by atoms with Gasteiger partial charge in [-0.3, -0.25) is 4.79 Å². The summed E-state index contributed by atoms with van der Waals surface area (Å²) in [6, 6.07) is 4.68. The number of hydrogen-bond acceptors (Lipinski definition) is 8. The molecule has 0 spiro atoms. The van der Waals surface area contributed by atoms with Crippen LogP contribution in [0.2, 0.25) is 0 Å². The number of amides is 1. The number of nitrogens with one attached hydrogen (secondary N) is 2. The number of rotatable bonds is 4. The van der Waals surface area contributed by atoms with E-state index in [1.165, 1.54) is 7.11 Å². The number of aryl methyl sites for hydroxylation is 1. The molecule has 2 N–H and O–H groups in total. The Balaban J connectivity index is 1.75. The summed E-state index contributed by atoms with van der Waals surface area (Å²) in [6.07, 6.45) is 4.88. The number of ether oxygens (including phenoxy) is 1. The SMILES string of the molecule is COc1ncc2c(N3C[C@H](C)N[C@@H](C)C3)ccc(C(=O)Nc3cnc(C)nc3)c2n1. The molecule has 2 aromatic heterocycles. The summed E-state index contributed by atoms with van der Waals surface area (Å²) in [5.41, 5.74) is 2.51. The van der Waals surface area contributed by atoms with Gasteiger partial charge in [0.1, 0.15) is 5.82 Å². The molecule has 3 heterocycles. The van der Waals surface area contributed by atoms with Crippen LogP contribution in [-0.4, -0.2) is 58.1 Å². The lowest BCUT2D eigenvalue weighted by atomic mass is 10.0. The number of benzene rings is 1. The van der Waals surface area contributed by atoms with E-state index in [2.05, 4.69) is 49.3 Å². The number of fused-ring (bicyclic) bond motifs is 1. The summed E-state index contributed by atoms with van der Waals surface area (Å²) in [7, 11) is 1.51. The van der Waals surface area contributed by atoms with E-state index in [1.807, 2.05) is 6.07 Å². The van der Waals surface area contributed by atoms with Crippen molar-refractivity contribution in [1.29, 1.82) is 0 Å². The van der Waals surface area contributed by atoms with Gasteiger partial charge in [0, 0.05) is 42.4 Å². The van der Waals surface area contributed by atoms with E-state index in [-0.39, 0.29) is 11.9 Å². The van der Waals surface area contributed by atoms with E-state index >= 15 is 0 Å². The average molecular weight is 407 g/mol. The zero-order valence-corrected chi connectivity index (χ0v) is 17.5. The molecule has 0 unspecified atom stereocenters. The molecule has 1 fully saturated rings. The summed E-state index contributed by atoms with van der Waals surface area (Å²) in [5, 5.41) is 7.19. The minimum absolute atomic E-state index is 0.217. The highest BCUT2D eigenvalue weighted by Gasteiger charge is 2.24. The van der Waals surface area contributed by atoms with Crippen LogP contribution in [0.25, 0.3) is 10.9 Å². The molecule has 2 atom stereocenters. The molecule has 0 aliphatic carbocycles. The van der Waals surface area contributed by atoms with Gasteiger partial charge in [0.05, 0.1) is 36.3 Å². The predicted molar refractivity (Wildman–Crippen MR) is 115 cm³/mol. The van der Waals surface area contributed by atoms with Crippen LogP contribution in [0.15, 0.2) is 30.7 Å². The standard InChI is InChI=1S/C21H25N7O2/c1-12-10-28(11-13(2)25-12)18-6-5-16(19-17(18)9-24-21(27-19)30-4)20(29)26-15-7-22-14(3)23-8-15/h5-9,12-13,25H,10-11H2,1-4H3,(H,26,29)/t12-,13-/m0/s1. The van der Waals surface area contributed by atoms with Crippen molar-refractivity contribution in [2.75, 3.05) is 30.4 Å². The lowest BCUT2D eigenvalue weighted by Crippen LogP contribution is -2.54. The van der Waals surface area contributed by atoms with Crippen molar-refractivity contribution < 1.29 is 9.53 Å². The van der Waals surface area contributed by atoms with Crippen molar-refractivity contribution in [1.82, 2.24) is 25.3 Å². The lowest BCUT2D eigenvalue weighted by Gasteiger charge is -2.38. The van der Waals surface area contributed by atoms with E-state index in [1.54, 1.807) is 31.6 Å². The van der Waals surface area contributed by atoms with Crippen molar-refractivity contribution >= 4 is 28.2 Å². The number of piperazine rings is 1. The van der Waals surface area contributed by atoms with E-state index in [0.29, 0.717) is 34.7 Å². The van der Waals surface area contributed by atoms with E-state index in [9.17, 15) is 4.79 Å². The lowest BCUT2D eigenvalue weighted by molar-refractivity contribution is 0.102. The quantitative estimate of drug-likeness (QED) is 0.678. The first-order chi connectivity index (χ1) is 14.4. The number of anilines is 2. The molecule has 1 saturated heterocycles. The summed E-state index contributed by atoms with van der Waals surface area (Å²) in [4.78, 5) is 32.3.